The fourth-order valence-corrected chi connectivity index (χ4v) is 3.71. The van der Waals surface area contributed by atoms with Crippen LogP contribution in [0, 0.1) is 0 Å². The van der Waals surface area contributed by atoms with E-state index in [0.29, 0.717) is 16.0 Å². The number of carbonyl (C=O) groups is 1. The maximum atomic E-state index is 12.5. The van der Waals surface area contributed by atoms with Crippen LogP contribution >= 0.6 is 11.3 Å². The molecule has 5 nitrogen and oxygen atoms in total. The zero-order chi connectivity index (χ0) is 18.8. The van der Waals surface area contributed by atoms with E-state index in [0.717, 1.165) is 16.3 Å². The van der Waals surface area contributed by atoms with Gasteiger partial charge in [0.25, 0.3) is 5.56 Å². The number of aromatic amines is 1. The number of hydrogen-bond donors (Lipinski definition) is 1. The van der Waals surface area contributed by atoms with Gasteiger partial charge in [-0.25, -0.2) is 4.98 Å². The number of thiophene rings is 1. The van der Waals surface area contributed by atoms with E-state index in [9.17, 15) is 9.59 Å². The first-order valence-electron chi connectivity index (χ1n) is 8.49. The summed E-state index contributed by atoms with van der Waals surface area (Å²) in [7, 11) is 1.69. The number of nitrogens with one attached hydrogen (secondary N) is 1. The summed E-state index contributed by atoms with van der Waals surface area (Å²) in [6.07, 6.45) is 3.36. The summed E-state index contributed by atoms with van der Waals surface area (Å²) in [6.45, 7) is 0.236. The molecule has 1 N–H and O–H groups in total. The number of fused-ring (bicyclic) bond motifs is 2. The Morgan fingerprint density at radius 1 is 1.19 bits per heavy atom. The van der Waals surface area contributed by atoms with Gasteiger partial charge in [0.2, 0.25) is 5.91 Å². The van der Waals surface area contributed by atoms with Crippen molar-refractivity contribution in [3.8, 4) is 0 Å². The maximum absolute atomic E-state index is 12.5. The van der Waals surface area contributed by atoms with Crippen molar-refractivity contribution >= 4 is 44.3 Å². The summed E-state index contributed by atoms with van der Waals surface area (Å²) in [6, 6.07) is 15.9. The third-order valence-corrected chi connectivity index (χ3v) is 5.26. The summed E-state index contributed by atoms with van der Waals surface area (Å²) in [4.78, 5) is 33.2. The second kappa shape index (κ2) is 7.17. The lowest BCUT2D eigenvalue weighted by atomic mass is 10.0. The Bertz CT molecular complexity index is 1220. The van der Waals surface area contributed by atoms with Crippen LogP contribution < -0.4 is 5.56 Å². The summed E-state index contributed by atoms with van der Waals surface area (Å²) < 4.78 is 0.601. The van der Waals surface area contributed by atoms with Crippen molar-refractivity contribution in [1.82, 2.24) is 14.9 Å². The molecular formula is C21H17N3O2S. The van der Waals surface area contributed by atoms with E-state index in [2.05, 4.69) is 9.97 Å². The molecule has 134 valence electrons. The van der Waals surface area contributed by atoms with Crippen LogP contribution in [0.2, 0.25) is 0 Å². The summed E-state index contributed by atoms with van der Waals surface area (Å²) >= 11 is 1.36. The summed E-state index contributed by atoms with van der Waals surface area (Å²) in [5, 5.41) is 4.06. The molecule has 2 aromatic heterocycles. The lowest BCUT2D eigenvalue weighted by molar-refractivity contribution is -0.125. The van der Waals surface area contributed by atoms with Crippen molar-refractivity contribution in [3.63, 3.8) is 0 Å². The number of amides is 1. The molecule has 0 aliphatic rings. The van der Waals surface area contributed by atoms with E-state index in [1.807, 2.05) is 53.9 Å². The number of benzene rings is 2. The standard InChI is InChI=1S/C21H17N3O2S/c1-24(13-18-22-17-11-12-27-20(17)21(26)23-18)19(25)10-9-15-7-4-6-14-5-2-3-8-16(14)15/h2-12H,13H2,1H3,(H,22,23,26)/b10-9+. The molecule has 0 aliphatic heterocycles. The fraction of sp³-hybridized carbons (Fsp3) is 0.0952. The zero-order valence-electron chi connectivity index (χ0n) is 14.7. The highest BCUT2D eigenvalue weighted by Gasteiger charge is 2.10. The zero-order valence-corrected chi connectivity index (χ0v) is 15.5. The SMILES string of the molecule is CN(Cc1nc2ccsc2c(=O)[nH]1)C(=O)/C=C/c1cccc2ccccc12. The van der Waals surface area contributed by atoms with Crippen LogP contribution in [-0.2, 0) is 11.3 Å². The third kappa shape index (κ3) is 3.52. The van der Waals surface area contributed by atoms with Gasteiger partial charge in [-0.15, -0.1) is 11.3 Å². The minimum Gasteiger partial charge on any atom is -0.335 e. The van der Waals surface area contributed by atoms with Gasteiger partial charge in [0.1, 0.15) is 10.5 Å². The number of hydrogen-bond acceptors (Lipinski definition) is 4. The molecule has 27 heavy (non-hydrogen) atoms. The minimum absolute atomic E-state index is 0.156. The molecule has 0 fully saturated rings. The lowest BCUT2D eigenvalue weighted by Gasteiger charge is -2.14. The second-order valence-electron chi connectivity index (χ2n) is 6.24. The quantitative estimate of drug-likeness (QED) is 0.552. The Labute approximate surface area is 159 Å². The molecule has 0 radical (unpaired) electrons. The van der Waals surface area contributed by atoms with Crippen LogP contribution in [0.5, 0.6) is 0 Å². The Morgan fingerprint density at radius 2 is 2.00 bits per heavy atom. The molecule has 4 rings (SSSR count). The van der Waals surface area contributed by atoms with Gasteiger partial charge in [-0.3, -0.25) is 9.59 Å². The van der Waals surface area contributed by atoms with Crippen LogP contribution in [0.15, 0.2) is 64.8 Å². The van der Waals surface area contributed by atoms with E-state index < -0.39 is 0 Å². The number of H-pyrrole nitrogens is 1. The van der Waals surface area contributed by atoms with Crippen LogP contribution in [0.4, 0.5) is 0 Å². The molecule has 4 aromatic rings. The number of rotatable bonds is 4. The first-order chi connectivity index (χ1) is 13.1. The molecular weight excluding hydrogens is 358 g/mol. The summed E-state index contributed by atoms with van der Waals surface area (Å²) in [5.41, 5.74) is 1.48. The van der Waals surface area contributed by atoms with Gasteiger partial charge in [-0.05, 0) is 33.9 Å². The lowest BCUT2D eigenvalue weighted by Crippen LogP contribution is -2.26. The summed E-state index contributed by atoms with van der Waals surface area (Å²) in [5.74, 6) is 0.316. The van der Waals surface area contributed by atoms with Crippen molar-refractivity contribution in [2.45, 2.75) is 6.54 Å². The Balaban J connectivity index is 1.53. The van der Waals surface area contributed by atoms with E-state index in [-0.39, 0.29) is 18.0 Å². The van der Waals surface area contributed by atoms with Crippen LogP contribution in [0.25, 0.3) is 27.1 Å². The number of aromatic nitrogens is 2. The van der Waals surface area contributed by atoms with Crippen molar-refractivity contribution in [2.75, 3.05) is 7.05 Å². The van der Waals surface area contributed by atoms with Crippen molar-refractivity contribution in [1.29, 1.82) is 0 Å². The highest BCUT2D eigenvalue weighted by molar-refractivity contribution is 7.17. The number of nitrogens with zero attached hydrogens (tertiary/aromatic N) is 2. The fourth-order valence-electron chi connectivity index (χ4n) is 2.98. The monoisotopic (exact) mass is 375 g/mol. The average molecular weight is 375 g/mol. The highest BCUT2D eigenvalue weighted by atomic mass is 32.1. The van der Waals surface area contributed by atoms with E-state index in [1.165, 1.54) is 16.2 Å². The molecule has 2 aromatic carbocycles. The van der Waals surface area contributed by atoms with Gasteiger partial charge in [0, 0.05) is 13.1 Å². The largest absolute Gasteiger partial charge is 0.335 e. The van der Waals surface area contributed by atoms with E-state index in [4.69, 9.17) is 0 Å². The van der Waals surface area contributed by atoms with Crippen molar-refractivity contribution < 1.29 is 4.79 Å². The second-order valence-corrected chi connectivity index (χ2v) is 7.16. The van der Waals surface area contributed by atoms with Crippen LogP contribution in [-0.4, -0.2) is 27.8 Å². The maximum Gasteiger partial charge on any atom is 0.268 e. The number of likely N-dealkylation sites (N-methyl/N-ethyl adjacent to an activating group) is 1. The molecule has 0 spiro atoms. The molecule has 0 bridgehead atoms. The predicted octanol–water partition coefficient (Wildman–Crippen LogP) is 3.81. The highest BCUT2D eigenvalue weighted by Crippen LogP contribution is 2.19. The predicted molar refractivity (Wildman–Crippen MR) is 110 cm³/mol. The average Bonchev–Trinajstić information content (AvgIpc) is 3.15. The van der Waals surface area contributed by atoms with E-state index in [1.54, 1.807) is 19.2 Å². The third-order valence-electron chi connectivity index (χ3n) is 4.36. The van der Waals surface area contributed by atoms with Crippen molar-refractivity contribution in [3.05, 3.63) is 81.7 Å². The Hall–Kier alpha value is -3.25. The van der Waals surface area contributed by atoms with Gasteiger partial charge in [0.05, 0.1) is 12.1 Å². The molecule has 0 unspecified atom stereocenters. The van der Waals surface area contributed by atoms with Gasteiger partial charge in [-0.1, -0.05) is 42.5 Å². The minimum atomic E-state index is -0.169. The van der Waals surface area contributed by atoms with Gasteiger partial charge in [-0.2, -0.15) is 0 Å². The molecule has 0 saturated carbocycles. The van der Waals surface area contributed by atoms with Gasteiger partial charge >= 0.3 is 0 Å². The van der Waals surface area contributed by atoms with Crippen molar-refractivity contribution in [2.24, 2.45) is 0 Å². The number of carbonyl (C=O) groups excluding carboxylic acids is 1. The molecule has 6 heteroatoms. The van der Waals surface area contributed by atoms with Gasteiger partial charge < -0.3 is 9.88 Å². The molecule has 2 heterocycles. The Kier molecular flexibility index (Phi) is 4.56. The topological polar surface area (TPSA) is 66.1 Å². The molecule has 1 amide bonds. The molecule has 0 atom stereocenters. The first kappa shape index (κ1) is 17.2. The Morgan fingerprint density at radius 3 is 2.89 bits per heavy atom. The smallest absolute Gasteiger partial charge is 0.268 e. The molecule has 0 aliphatic carbocycles. The first-order valence-corrected chi connectivity index (χ1v) is 9.37. The van der Waals surface area contributed by atoms with Gasteiger partial charge in [0.15, 0.2) is 0 Å². The van der Waals surface area contributed by atoms with Crippen LogP contribution in [0.3, 0.4) is 0 Å². The normalized spacial score (nSPS) is 11.4. The molecule has 0 saturated heterocycles. The van der Waals surface area contributed by atoms with Crippen LogP contribution in [0.1, 0.15) is 11.4 Å². The van der Waals surface area contributed by atoms with E-state index >= 15 is 0 Å².